The summed E-state index contributed by atoms with van der Waals surface area (Å²) < 4.78 is 28.0. The lowest BCUT2D eigenvalue weighted by molar-refractivity contribution is 0.0695. The summed E-state index contributed by atoms with van der Waals surface area (Å²) in [7, 11) is 0. The molecule has 0 amide bonds. The number of aromatic carboxylic acids is 1. The molecule has 1 aromatic heterocycles. The van der Waals surface area contributed by atoms with Crippen LogP contribution < -0.4 is 11.0 Å². The highest BCUT2D eigenvalue weighted by Gasteiger charge is 2.23. The molecule has 0 spiro atoms. The van der Waals surface area contributed by atoms with Crippen LogP contribution in [0.2, 0.25) is 0 Å². The van der Waals surface area contributed by atoms with Crippen molar-refractivity contribution in [2.45, 2.75) is 20.0 Å². The molecule has 0 aliphatic rings. The molecule has 0 atom stereocenters. The Balaban J connectivity index is 2.95. The van der Waals surface area contributed by atoms with E-state index in [1.165, 1.54) is 12.1 Å². The van der Waals surface area contributed by atoms with Crippen molar-refractivity contribution in [1.29, 1.82) is 0 Å². The molecule has 1 heterocycles. The Hall–Kier alpha value is -2.44. The molecule has 0 bridgehead atoms. The first-order valence-corrected chi connectivity index (χ1v) is 6.42. The number of hydrogen-bond acceptors (Lipinski definition) is 3. The Bertz CT molecular complexity index is 756. The lowest BCUT2D eigenvalue weighted by Gasteiger charge is -2.17. The fraction of sp³-hybridized carbons (Fsp3) is 0.286. The van der Waals surface area contributed by atoms with Crippen molar-refractivity contribution in [3.05, 3.63) is 45.6 Å². The minimum absolute atomic E-state index is 0.102. The second-order valence-corrected chi connectivity index (χ2v) is 4.47. The Morgan fingerprint density at radius 1 is 1.43 bits per heavy atom. The fourth-order valence-electron chi connectivity index (χ4n) is 2.21. The number of nitrogens with one attached hydrogen (secondary N) is 1. The number of carboxylic acid groups (broad SMARTS) is 1. The third kappa shape index (κ3) is 2.46. The molecular formula is C14H14F2N2O3. The van der Waals surface area contributed by atoms with E-state index in [-0.39, 0.29) is 16.5 Å². The van der Waals surface area contributed by atoms with Crippen molar-refractivity contribution in [3.63, 3.8) is 0 Å². The van der Waals surface area contributed by atoms with Gasteiger partial charge in [0, 0.05) is 11.9 Å². The van der Waals surface area contributed by atoms with Crippen molar-refractivity contribution < 1.29 is 18.7 Å². The number of aromatic nitrogens is 1. The van der Waals surface area contributed by atoms with Crippen molar-refractivity contribution in [3.8, 4) is 0 Å². The van der Waals surface area contributed by atoms with E-state index >= 15 is 0 Å². The van der Waals surface area contributed by atoms with Crippen LogP contribution in [0.4, 0.5) is 8.78 Å². The second-order valence-electron chi connectivity index (χ2n) is 4.47. The number of hydrogen-bond donors (Lipinski definition) is 2. The molecular weight excluding hydrogens is 282 g/mol. The lowest BCUT2D eigenvalue weighted by atomic mass is 10.0. The van der Waals surface area contributed by atoms with Crippen LogP contribution in [0.1, 0.15) is 29.4 Å². The summed E-state index contributed by atoms with van der Waals surface area (Å²) in [5.41, 5.74) is 1.11. The third-order valence-electron chi connectivity index (χ3n) is 3.12. The van der Waals surface area contributed by atoms with E-state index in [0.29, 0.717) is 13.0 Å². The van der Waals surface area contributed by atoms with E-state index < -0.39 is 29.6 Å². The van der Waals surface area contributed by atoms with Crippen LogP contribution in [-0.4, -0.2) is 22.3 Å². The number of carbonyl (C=O) groups is 1. The van der Waals surface area contributed by atoms with Crippen molar-refractivity contribution in [1.82, 2.24) is 4.68 Å². The molecule has 112 valence electrons. The topological polar surface area (TPSA) is 71.3 Å². The first-order chi connectivity index (χ1) is 10.0. The van der Waals surface area contributed by atoms with Gasteiger partial charge in [0.1, 0.15) is 12.5 Å². The minimum atomic E-state index is -1.41. The Morgan fingerprint density at radius 2 is 2.14 bits per heavy atom. The smallest absolute Gasteiger partial charge is 0.338 e. The standard InChI is InChI=1S/C14H14F2N2O3/c1-2-6-17-18-10(7-15)12(14(20)21)8-4-3-5-9(16)11(8)13(18)19/h3-5,17H,2,6-7H2,1H3,(H,20,21). The highest BCUT2D eigenvalue weighted by atomic mass is 19.1. The molecule has 0 aliphatic heterocycles. The summed E-state index contributed by atoms with van der Waals surface area (Å²) in [6.07, 6.45) is 0.635. The zero-order valence-corrected chi connectivity index (χ0v) is 11.3. The normalized spacial score (nSPS) is 10.8. The quantitative estimate of drug-likeness (QED) is 0.888. The van der Waals surface area contributed by atoms with Crippen LogP contribution in [0.3, 0.4) is 0 Å². The number of nitrogens with zero attached hydrogens (tertiary/aromatic N) is 1. The van der Waals surface area contributed by atoms with Gasteiger partial charge in [0.2, 0.25) is 0 Å². The molecule has 2 aromatic rings. The van der Waals surface area contributed by atoms with Crippen LogP contribution in [-0.2, 0) is 6.67 Å². The Kier molecular flexibility index (Phi) is 4.21. The highest BCUT2D eigenvalue weighted by Crippen LogP contribution is 2.22. The summed E-state index contributed by atoms with van der Waals surface area (Å²) in [4.78, 5) is 23.7. The maximum absolute atomic E-state index is 13.9. The van der Waals surface area contributed by atoms with Gasteiger partial charge in [0.05, 0.1) is 16.6 Å². The first-order valence-electron chi connectivity index (χ1n) is 6.42. The van der Waals surface area contributed by atoms with Crippen molar-refractivity contribution in [2.75, 3.05) is 12.0 Å². The summed E-state index contributed by atoms with van der Waals surface area (Å²) in [6, 6.07) is 3.65. The van der Waals surface area contributed by atoms with Crippen molar-refractivity contribution in [2.24, 2.45) is 0 Å². The SMILES string of the molecule is CCCNn1c(CF)c(C(=O)O)c2cccc(F)c2c1=O. The molecule has 0 saturated carbocycles. The minimum Gasteiger partial charge on any atom is -0.478 e. The number of fused-ring (bicyclic) bond motifs is 1. The maximum Gasteiger partial charge on any atom is 0.338 e. The molecule has 5 nitrogen and oxygen atoms in total. The van der Waals surface area contributed by atoms with Gasteiger partial charge in [-0.15, -0.1) is 0 Å². The van der Waals surface area contributed by atoms with E-state index in [2.05, 4.69) is 5.43 Å². The highest BCUT2D eigenvalue weighted by molar-refractivity contribution is 6.04. The lowest BCUT2D eigenvalue weighted by Crippen LogP contribution is -2.34. The molecule has 21 heavy (non-hydrogen) atoms. The molecule has 0 aliphatic carbocycles. The molecule has 0 saturated heterocycles. The van der Waals surface area contributed by atoms with Gasteiger partial charge < -0.3 is 10.5 Å². The molecule has 0 unspecified atom stereocenters. The van der Waals surface area contributed by atoms with Crippen LogP contribution in [0.25, 0.3) is 10.8 Å². The number of carboxylic acids is 1. The zero-order valence-electron chi connectivity index (χ0n) is 11.3. The van der Waals surface area contributed by atoms with Gasteiger partial charge in [0.25, 0.3) is 5.56 Å². The number of alkyl halides is 1. The fourth-order valence-corrected chi connectivity index (χ4v) is 2.21. The Labute approximate surface area is 118 Å². The molecule has 0 radical (unpaired) electrons. The third-order valence-corrected chi connectivity index (χ3v) is 3.12. The van der Waals surface area contributed by atoms with Gasteiger partial charge in [-0.3, -0.25) is 4.79 Å². The molecule has 7 heteroatoms. The van der Waals surface area contributed by atoms with Gasteiger partial charge in [0.15, 0.2) is 0 Å². The Morgan fingerprint density at radius 3 is 2.71 bits per heavy atom. The van der Waals surface area contributed by atoms with Gasteiger partial charge in [-0.1, -0.05) is 19.1 Å². The summed E-state index contributed by atoms with van der Waals surface area (Å²) in [5, 5.41) is 8.83. The van der Waals surface area contributed by atoms with E-state index in [4.69, 9.17) is 0 Å². The number of rotatable bonds is 5. The number of pyridine rings is 1. The average molecular weight is 296 g/mol. The van der Waals surface area contributed by atoms with E-state index in [0.717, 1.165) is 10.7 Å². The van der Waals surface area contributed by atoms with Gasteiger partial charge in [-0.25, -0.2) is 18.3 Å². The monoisotopic (exact) mass is 296 g/mol. The van der Waals surface area contributed by atoms with E-state index in [9.17, 15) is 23.5 Å². The van der Waals surface area contributed by atoms with Gasteiger partial charge in [-0.05, 0) is 12.5 Å². The van der Waals surface area contributed by atoms with E-state index in [1.807, 2.05) is 6.92 Å². The largest absolute Gasteiger partial charge is 0.478 e. The van der Waals surface area contributed by atoms with Crippen LogP contribution in [0, 0.1) is 5.82 Å². The van der Waals surface area contributed by atoms with Gasteiger partial charge in [-0.2, -0.15) is 0 Å². The maximum atomic E-state index is 13.9. The predicted molar refractivity (Wildman–Crippen MR) is 74.5 cm³/mol. The molecule has 2 N–H and O–H groups in total. The summed E-state index contributed by atoms with van der Waals surface area (Å²) in [6.45, 7) is 0.999. The number of benzene rings is 1. The van der Waals surface area contributed by atoms with Crippen LogP contribution in [0.15, 0.2) is 23.0 Å². The molecule has 0 fully saturated rings. The first kappa shape index (κ1) is 15.0. The molecule has 1 aromatic carbocycles. The van der Waals surface area contributed by atoms with Gasteiger partial charge >= 0.3 is 5.97 Å². The number of halogens is 2. The van der Waals surface area contributed by atoms with E-state index in [1.54, 1.807) is 0 Å². The average Bonchev–Trinajstić information content (AvgIpc) is 2.45. The predicted octanol–water partition coefficient (Wildman–Crippen LogP) is 2.26. The zero-order chi connectivity index (χ0) is 15.6. The summed E-state index contributed by atoms with van der Waals surface area (Å²) >= 11 is 0. The van der Waals surface area contributed by atoms with Crippen LogP contribution in [0.5, 0.6) is 0 Å². The van der Waals surface area contributed by atoms with Crippen molar-refractivity contribution >= 4 is 16.7 Å². The van der Waals surface area contributed by atoms with Crippen LogP contribution >= 0.6 is 0 Å². The molecule has 2 rings (SSSR count). The summed E-state index contributed by atoms with van der Waals surface area (Å²) in [5.74, 6) is -2.25. The second kappa shape index (κ2) is 5.90.